The summed E-state index contributed by atoms with van der Waals surface area (Å²) in [6.45, 7) is 0. The maximum atomic E-state index is 8.89. The molecule has 0 radical (unpaired) electrons. The van der Waals surface area contributed by atoms with Crippen LogP contribution in [-0.4, -0.2) is 13.3 Å². The molecule has 0 bridgehead atoms. The van der Waals surface area contributed by atoms with E-state index < -0.39 is 9.05 Å². The van der Waals surface area contributed by atoms with Crippen LogP contribution in [0.2, 0.25) is 0 Å². The fourth-order valence-corrected chi connectivity index (χ4v) is 0. The Labute approximate surface area is 241 Å². The first-order chi connectivity index (χ1) is 2.00. The Morgan fingerprint density at radius 3 is 0.833 bits per heavy atom. The molecule has 0 N–H and O–H groups in total. The minimum atomic E-state index is -4.33. The van der Waals surface area contributed by atoms with Gasteiger partial charge in [0.05, 0.1) is 0 Å². The Balaban J connectivity index is -0.00000000121. The SMILES string of the molecule is O=S([O-])([O-])=S.[H-].[H-].[H-].[H-].[H-].[Na+].[Na+].[Na+].[Na+].[Na+].[Na+].[Na+]. The van der Waals surface area contributed by atoms with E-state index in [0.29, 0.717) is 0 Å². The molecule has 0 aliphatic heterocycles. The number of hydrogen-bond acceptors (Lipinski definition) is 4. The molecule has 3 nitrogen and oxygen atoms in total. The molecule has 0 aromatic carbocycles. The number of hydrogen-bond donors (Lipinski definition) is 0. The summed E-state index contributed by atoms with van der Waals surface area (Å²) in [5.74, 6) is 0. The fourth-order valence-electron chi connectivity index (χ4n) is 0. The minimum Gasteiger partial charge on any atom is -1.00 e. The van der Waals surface area contributed by atoms with Crippen LogP contribution in [0.4, 0.5) is 0 Å². The van der Waals surface area contributed by atoms with E-state index >= 15 is 0 Å². The Bertz CT molecular complexity index is 115. The van der Waals surface area contributed by atoms with Gasteiger partial charge in [0.15, 0.2) is 0 Å². The minimum absolute atomic E-state index is 0. The molecule has 0 aromatic heterocycles. The van der Waals surface area contributed by atoms with Crippen molar-refractivity contribution < 1.29 is 227 Å². The second-order valence-corrected chi connectivity index (χ2v) is 2.45. The van der Waals surface area contributed by atoms with Gasteiger partial charge in [-0.15, -0.1) is 9.05 Å². The van der Waals surface area contributed by atoms with Crippen molar-refractivity contribution in [3.63, 3.8) is 0 Å². The van der Waals surface area contributed by atoms with Crippen molar-refractivity contribution >= 4 is 20.2 Å². The molecule has 0 aliphatic carbocycles. The Kier molecular flexibility index (Phi) is 131. The maximum absolute atomic E-state index is 8.89. The quantitative estimate of drug-likeness (QED) is 0.413. The van der Waals surface area contributed by atoms with Gasteiger partial charge < -0.3 is 16.2 Å². The van der Waals surface area contributed by atoms with Crippen LogP contribution in [0.3, 0.4) is 0 Å². The molecule has 12 heavy (non-hydrogen) atoms. The van der Waals surface area contributed by atoms with Gasteiger partial charge in [-0.3, -0.25) is 4.21 Å². The van der Waals surface area contributed by atoms with E-state index in [1.54, 1.807) is 0 Å². The molecule has 0 amide bonds. The van der Waals surface area contributed by atoms with Gasteiger partial charge in [-0.1, -0.05) is 0 Å². The molecule has 0 aromatic rings. The average Bonchev–Trinajstić information content (AvgIpc) is 0.722. The molecule has 0 heterocycles. The summed E-state index contributed by atoms with van der Waals surface area (Å²) in [6, 6.07) is 0. The van der Waals surface area contributed by atoms with E-state index in [1.165, 1.54) is 0 Å². The zero-order valence-corrected chi connectivity index (χ0v) is 24.7. The van der Waals surface area contributed by atoms with Crippen LogP contribution in [0, 0.1) is 0 Å². The zero-order valence-electron chi connectivity index (χ0n) is 14.0. The van der Waals surface area contributed by atoms with Crippen LogP contribution < -0.4 is 207 Å². The van der Waals surface area contributed by atoms with Crippen molar-refractivity contribution in [2.24, 2.45) is 0 Å². The molecule has 12 heteroatoms. The molecular formula is H5Na7O3S2. The van der Waals surface area contributed by atoms with Crippen molar-refractivity contribution in [3.05, 3.63) is 0 Å². The molecule has 42 valence electrons. The van der Waals surface area contributed by atoms with E-state index in [-0.39, 0.29) is 214 Å². The molecule has 0 rings (SSSR count). The van der Waals surface area contributed by atoms with Gasteiger partial charge in [-0.2, -0.15) is 0 Å². The Hall–Kier alpha value is 7.29. The van der Waals surface area contributed by atoms with Gasteiger partial charge >= 0.3 is 207 Å². The Morgan fingerprint density at radius 1 is 0.833 bits per heavy atom. The molecule has 0 saturated carbocycles. The topological polar surface area (TPSA) is 63.2 Å². The Morgan fingerprint density at radius 2 is 0.833 bits per heavy atom. The van der Waals surface area contributed by atoms with Gasteiger partial charge in [0.25, 0.3) is 0 Å². The van der Waals surface area contributed by atoms with E-state index in [4.69, 9.17) is 13.3 Å². The van der Waals surface area contributed by atoms with Gasteiger partial charge in [0.1, 0.15) is 0 Å². The third-order valence-electron chi connectivity index (χ3n) is 0. The van der Waals surface area contributed by atoms with Crippen LogP contribution >= 0.6 is 0 Å². The smallest absolute Gasteiger partial charge is 1.00 e. The van der Waals surface area contributed by atoms with Crippen molar-refractivity contribution in [1.29, 1.82) is 0 Å². The number of rotatable bonds is 0. The van der Waals surface area contributed by atoms with Crippen molar-refractivity contribution in [2.45, 2.75) is 0 Å². The van der Waals surface area contributed by atoms with Crippen molar-refractivity contribution in [1.82, 2.24) is 0 Å². The summed E-state index contributed by atoms with van der Waals surface area (Å²) >= 11 is 3.24. The first kappa shape index (κ1) is 50.6. The summed E-state index contributed by atoms with van der Waals surface area (Å²) in [4.78, 5) is 0. The normalized spacial score (nSPS) is 4.83. The van der Waals surface area contributed by atoms with Crippen LogP contribution in [0.5, 0.6) is 0 Å². The molecule has 0 fully saturated rings. The monoisotopic (exact) mass is 278 g/mol. The third kappa shape index (κ3) is 86.3. The van der Waals surface area contributed by atoms with E-state index in [0.717, 1.165) is 0 Å². The first-order valence-corrected chi connectivity index (χ1v) is 3.00. The fraction of sp³-hybridized carbons (Fsp3) is 0. The van der Waals surface area contributed by atoms with Gasteiger partial charge in [0, 0.05) is 0 Å². The summed E-state index contributed by atoms with van der Waals surface area (Å²) < 4.78 is 26.7. The largest absolute Gasteiger partial charge is 1.00 e. The zero-order chi connectivity index (χ0) is 4.50. The average molecular weight is 278 g/mol. The third-order valence-corrected chi connectivity index (χ3v) is 0. The molecule has 0 saturated heterocycles. The molecular weight excluding hydrogens is 273 g/mol. The predicted molar refractivity (Wildman–Crippen MR) is 22.6 cm³/mol. The van der Waals surface area contributed by atoms with Crippen LogP contribution in [0.1, 0.15) is 7.13 Å². The predicted octanol–water partition coefficient (Wildman–Crippen LogP) is -21.4. The van der Waals surface area contributed by atoms with E-state index in [1.807, 2.05) is 0 Å². The van der Waals surface area contributed by atoms with Crippen LogP contribution in [0.15, 0.2) is 0 Å². The van der Waals surface area contributed by atoms with Gasteiger partial charge in [-0.05, 0) is 11.2 Å². The van der Waals surface area contributed by atoms with Crippen LogP contribution in [-0.2, 0) is 20.2 Å². The second-order valence-electron chi connectivity index (χ2n) is 0.408. The van der Waals surface area contributed by atoms with E-state index in [9.17, 15) is 0 Å². The molecule has 0 spiro atoms. The summed E-state index contributed by atoms with van der Waals surface area (Å²) in [5, 5.41) is 0. The first-order valence-electron chi connectivity index (χ1n) is 0.667. The molecule has 0 unspecified atom stereocenters. The summed E-state index contributed by atoms with van der Waals surface area (Å²) in [6.07, 6.45) is 0. The summed E-state index contributed by atoms with van der Waals surface area (Å²) in [7, 11) is -4.33. The van der Waals surface area contributed by atoms with Crippen molar-refractivity contribution in [3.8, 4) is 0 Å². The van der Waals surface area contributed by atoms with E-state index in [2.05, 4.69) is 11.2 Å². The maximum Gasteiger partial charge on any atom is 1.00 e. The van der Waals surface area contributed by atoms with Crippen molar-refractivity contribution in [2.75, 3.05) is 0 Å². The second kappa shape index (κ2) is 31.0. The summed E-state index contributed by atoms with van der Waals surface area (Å²) in [5.41, 5.74) is 0. The molecule has 0 atom stereocenters. The molecule has 0 aliphatic rings. The van der Waals surface area contributed by atoms with Crippen LogP contribution in [0.25, 0.3) is 0 Å². The van der Waals surface area contributed by atoms with Gasteiger partial charge in [0.2, 0.25) is 0 Å². The standard InChI is InChI=1S/7Na.H2O3S2.5H/c;;;;;;;1-5(2,3)4;;;;;/h;;;;;;;(H2,1,2,3,4);;;;;/q7*+1;;5*-1/p-2. The van der Waals surface area contributed by atoms with Gasteiger partial charge in [-0.25, -0.2) is 0 Å².